The summed E-state index contributed by atoms with van der Waals surface area (Å²) in [6, 6.07) is 13.5. The van der Waals surface area contributed by atoms with Gasteiger partial charge in [0.1, 0.15) is 10.6 Å². The van der Waals surface area contributed by atoms with Crippen LogP contribution in [0, 0.1) is 6.92 Å². The third-order valence-electron chi connectivity index (χ3n) is 4.26. The fourth-order valence-electron chi connectivity index (χ4n) is 2.77. The molecule has 0 aliphatic heterocycles. The lowest BCUT2D eigenvalue weighted by atomic mass is 9.93. The number of carbonyl (C=O) groups excluding carboxylic acids is 1. The second-order valence-corrected chi connectivity index (χ2v) is 8.47. The zero-order chi connectivity index (χ0) is 19.2. The number of aryl methyl sites for hydroxylation is 1. The maximum atomic E-state index is 12.7. The molecule has 3 aromatic heterocycles. The molecule has 0 radical (unpaired) electrons. The smallest absolute Gasteiger partial charge is 0.267 e. The molecule has 0 spiro atoms. The number of para-hydroxylation sites is 1. The topological polar surface area (TPSA) is 73.0 Å². The van der Waals surface area contributed by atoms with Gasteiger partial charge in [-0.2, -0.15) is 5.10 Å². The van der Waals surface area contributed by atoms with E-state index in [1.165, 1.54) is 11.3 Å². The normalized spacial score (nSPS) is 11.9. The van der Waals surface area contributed by atoms with Crippen LogP contribution in [0.4, 0.5) is 5.82 Å². The average molecular weight is 380 g/mol. The number of amides is 1. The molecule has 0 saturated carbocycles. The van der Waals surface area contributed by atoms with E-state index in [0.29, 0.717) is 10.7 Å². The maximum absolute atomic E-state index is 12.7. The molecule has 0 aliphatic rings. The number of fused-ring (bicyclic) bond motifs is 1. The molecule has 0 atom stereocenters. The highest BCUT2D eigenvalue weighted by molar-refractivity contribution is 7.20. The minimum Gasteiger partial charge on any atom is -0.359 e. The van der Waals surface area contributed by atoms with Crippen molar-refractivity contribution in [3.8, 4) is 5.69 Å². The number of benzene rings is 1. The Balaban J connectivity index is 1.64. The van der Waals surface area contributed by atoms with Crippen LogP contribution in [0.25, 0.3) is 15.9 Å². The second kappa shape index (κ2) is 6.35. The minimum atomic E-state index is -0.205. The van der Waals surface area contributed by atoms with E-state index in [4.69, 9.17) is 4.52 Å². The lowest BCUT2D eigenvalue weighted by Crippen LogP contribution is -2.11. The van der Waals surface area contributed by atoms with Gasteiger partial charge in [0.05, 0.1) is 16.3 Å². The fourth-order valence-corrected chi connectivity index (χ4v) is 3.85. The number of nitrogens with one attached hydrogen (secondary N) is 1. The van der Waals surface area contributed by atoms with Crippen molar-refractivity contribution >= 4 is 33.3 Å². The van der Waals surface area contributed by atoms with Crippen LogP contribution < -0.4 is 5.32 Å². The summed E-state index contributed by atoms with van der Waals surface area (Å²) in [6.07, 6.45) is 0. The zero-order valence-electron chi connectivity index (χ0n) is 15.6. The number of aromatic nitrogens is 3. The van der Waals surface area contributed by atoms with Gasteiger partial charge in [-0.3, -0.25) is 4.79 Å². The molecule has 6 nitrogen and oxygen atoms in total. The highest BCUT2D eigenvalue weighted by atomic mass is 32.1. The Morgan fingerprint density at radius 2 is 1.93 bits per heavy atom. The van der Waals surface area contributed by atoms with E-state index in [9.17, 15) is 4.79 Å². The average Bonchev–Trinajstić information content (AvgIpc) is 3.32. The Bertz CT molecular complexity index is 1120. The van der Waals surface area contributed by atoms with Crippen LogP contribution in [0.2, 0.25) is 0 Å². The van der Waals surface area contributed by atoms with Gasteiger partial charge < -0.3 is 9.84 Å². The molecule has 3 heterocycles. The van der Waals surface area contributed by atoms with Gasteiger partial charge in [-0.05, 0) is 25.1 Å². The quantitative estimate of drug-likeness (QED) is 0.547. The Hall–Kier alpha value is -2.93. The van der Waals surface area contributed by atoms with Gasteiger partial charge in [-0.1, -0.05) is 44.1 Å². The van der Waals surface area contributed by atoms with Gasteiger partial charge in [0, 0.05) is 16.9 Å². The Kier molecular flexibility index (Phi) is 4.11. The van der Waals surface area contributed by atoms with Crippen LogP contribution in [0.5, 0.6) is 0 Å². The monoisotopic (exact) mass is 380 g/mol. The summed E-state index contributed by atoms with van der Waals surface area (Å²) in [7, 11) is 0. The lowest BCUT2D eigenvalue weighted by Gasteiger charge is -2.11. The number of carbonyl (C=O) groups is 1. The molecule has 0 fully saturated rings. The van der Waals surface area contributed by atoms with Crippen LogP contribution in [-0.4, -0.2) is 20.8 Å². The molecule has 0 saturated heterocycles. The van der Waals surface area contributed by atoms with Crippen LogP contribution >= 0.6 is 11.3 Å². The van der Waals surface area contributed by atoms with E-state index in [2.05, 4.69) is 15.6 Å². The van der Waals surface area contributed by atoms with Crippen LogP contribution in [0.15, 0.2) is 47.0 Å². The number of nitrogens with zero attached hydrogens (tertiary/aromatic N) is 3. The third-order valence-corrected chi connectivity index (χ3v) is 5.37. The Labute approximate surface area is 160 Å². The Morgan fingerprint density at radius 3 is 2.59 bits per heavy atom. The SMILES string of the molecule is Cc1nn(-c2ccccc2)c2sc(C(=O)Nc3cc(C(C)(C)C)on3)cc12. The lowest BCUT2D eigenvalue weighted by molar-refractivity contribution is 0.102. The van der Waals surface area contributed by atoms with Gasteiger partial charge in [0.15, 0.2) is 5.82 Å². The van der Waals surface area contributed by atoms with Crippen molar-refractivity contribution in [1.82, 2.24) is 14.9 Å². The van der Waals surface area contributed by atoms with E-state index in [1.807, 2.05) is 68.8 Å². The minimum absolute atomic E-state index is 0.163. The van der Waals surface area contributed by atoms with E-state index < -0.39 is 0 Å². The predicted octanol–water partition coefficient (Wildman–Crippen LogP) is 4.93. The van der Waals surface area contributed by atoms with Crippen LogP contribution in [0.3, 0.4) is 0 Å². The molecule has 4 rings (SSSR count). The number of hydrogen-bond acceptors (Lipinski definition) is 5. The highest BCUT2D eigenvalue weighted by Crippen LogP contribution is 2.31. The second-order valence-electron chi connectivity index (χ2n) is 7.44. The van der Waals surface area contributed by atoms with Crippen LogP contribution in [0.1, 0.15) is 41.9 Å². The molecule has 1 aromatic carbocycles. The van der Waals surface area contributed by atoms with Crippen molar-refractivity contribution in [2.75, 3.05) is 5.32 Å². The number of hydrogen-bond donors (Lipinski definition) is 1. The van der Waals surface area contributed by atoms with Crippen molar-refractivity contribution in [3.05, 3.63) is 58.8 Å². The first-order valence-electron chi connectivity index (χ1n) is 8.66. The summed E-state index contributed by atoms with van der Waals surface area (Å²) >= 11 is 1.41. The molecule has 138 valence electrons. The predicted molar refractivity (Wildman–Crippen MR) is 107 cm³/mol. The summed E-state index contributed by atoms with van der Waals surface area (Å²) in [4.78, 5) is 14.2. The molecule has 27 heavy (non-hydrogen) atoms. The largest absolute Gasteiger partial charge is 0.359 e. The van der Waals surface area contributed by atoms with Crippen LogP contribution in [-0.2, 0) is 5.41 Å². The molecule has 1 N–H and O–H groups in total. The summed E-state index contributed by atoms with van der Waals surface area (Å²) in [5.41, 5.74) is 1.69. The third kappa shape index (κ3) is 3.26. The van der Waals surface area contributed by atoms with E-state index in [0.717, 1.165) is 27.4 Å². The zero-order valence-corrected chi connectivity index (χ0v) is 16.4. The van der Waals surface area contributed by atoms with Crippen molar-refractivity contribution in [3.63, 3.8) is 0 Å². The molecule has 1 amide bonds. The fraction of sp³-hybridized carbons (Fsp3) is 0.250. The van der Waals surface area contributed by atoms with Gasteiger partial charge in [-0.15, -0.1) is 11.3 Å². The molecule has 7 heteroatoms. The number of anilines is 1. The summed E-state index contributed by atoms with van der Waals surface area (Å²) in [6.45, 7) is 8.04. The number of thiophene rings is 1. The molecule has 0 unspecified atom stereocenters. The maximum Gasteiger partial charge on any atom is 0.267 e. The summed E-state index contributed by atoms with van der Waals surface area (Å²) < 4.78 is 7.21. The number of rotatable bonds is 3. The van der Waals surface area contributed by atoms with Gasteiger partial charge in [-0.25, -0.2) is 4.68 Å². The summed E-state index contributed by atoms with van der Waals surface area (Å²) in [5, 5.41) is 12.3. The molecular formula is C20H20N4O2S. The molecule has 4 aromatic rings. The van der Waals surface area contributed by atoms with Crippen molar-refractivity contribution in [2.45, 2.75) is 33.1 Å². The van der Waals surface area contributed by atoms with E-state index >= 15 is 0 Å². The highest BCUT2D eigenvalue weighted by Gasteiger charge is 2.22. The molecular weight excluding hydrogens is 360 g/mol. The van der Waals surface area contributed by atoms with Gasteiger partial charge in [0.2, 0.25) is 0 Å². The van der Waals surface area contributed by atoms with E-state index in [1.54, 1.807) is 6.07 Å². The Morgan fingerprint density at radius 1 is 1.19 bits per heavy atom. The van der Waals surface area contributed by atoms with E-state index in [-0.39, 0.29) is 11.3 Å². The van der Waals surface area contributed by atoms with Crippen molar-refractivity contribution < 1.29 is 9.32 Å². The summed E-state index contributed by atoms with van der Waals surface area (Å²) in [5.74, 6) is 0.942. The van der Waals surface area contributed by atoms with Crippen molar-refractivity contribution in [1.29, 1.82) is 0 Å². The van der Waals surface area contributed by atoms with Crippen molar-refractivity contribution in [2.24, 2.45) is 0 Å². The molecule has 0 bridgehead atoms. The van der Waals surface area contributed by atoms with Gasteiger partial charge >= 0.3 is 0 Å². The first-order chi connectivity index (χ1) is 12.8. The first kappa shape index (κ1) is 17.5. The standard InChI is InChI=1S/C20H20N4O2S/c1-12-14-10-15(18(25)21-17-11-16(26-23-17)20(2,3)4)27-19(14)24(22-12)13-8-6-5-7-9-13/h5-11H,1-4H3,(H,21,23,25). The molecule has 0 aliphatic carbocycles. The first-order valence-corrected chi connectivity index (χ1v) is 9.48. The van der Waals surface area contributed by atoms with Gasteiger partial charge in [0.25, 0.3) is 5.91 Å².